The van der Waals surface area contributed by atoms with Gasteiger partial charge in [0.05, 0.1) is 0 Å². The molecule has 0 saturated carbocycles. The first-order valence-corrected chi connectivity index (χ1v) is 5.74. The van der Waals surface area contributed by atoms with Gasteiger partial charge in [-0.05, 0) is 23.8 Å². The molecule has 0 aliphatic heterocycles. The van der Waals surface area contributed by atoms with Crippen molar-refractivity contribution in [1.82, 2.24) is 10.3 Å². The summed E-state index contributed by atoms with van der Waals surface area (Å²) in [5.41, 5.74) is 0.986. The number of aromatic amines is 1. The number of H-pyrrole nitrogens is 1. The van der Waals surface area contributed by atoms with E-state index in [2.05, 4.69) is 10.3 Å². The lowest BCUT2D eigenvalue weighted by molar-refractivity contribution is 0.0950. The molecule has 0 saturated heterocycles. The molecule has 0 radical (unpaired) electrons. The first kappa shape index (κ1) is 12.4. The van der Waals surface area contributed by atoms with Crippen LogP contribution in [0.5, 0.6) is 0 Å². The molecule has 5 heteroatoms. The number of pyridine rings is 1. The predicted molar refractivity (Wildman–Crippen MR) is 69.7 cm³/mol. The smallest absolute Gasteiger partial charge is 0.251 e. The Kier molecular flexibility index (Phi) is 3.79. The van der Waals surface area contributed by atoms with Gasteiger partial charge < -0.3 is 10.3 Å². The van der Waals surface area contributed by atoms with E-state index < -0.39 is 0 Å². The fourth-order valence-corrected chi connectivity index (χ4v) is 1.60. The Hall–Kier alpha value is -2.07. The molecule has 2 aromatic rings. The lowest BCUT2D eigenvalue weighted by Crippen LogP contribution is -2.24. The van der Waals surface area contributed by atoms with Crippen molar-refractivity contribution in [2.24, 2.45) is 0 Å². The highest BCUT2D eigenvalue weighted by atomic mass is 35.5. The van der Waals surface area contributed by atoms with Gasteiger partial charge in [-0.3, -0.25) is 9.59 Å². The van der Waals surface area contributed by atoms with Gasteiger partial charge in [0.15, 0.2) is 0 Å². The van der Waals surface area contributed by atoms with E-state index in [1.54, 1.807) is 18.2 Å². The number of halogens is 1. The summed E-state index contributed by atoms with van der Waals surface area (Å²) in [6, 6.07) is 10.0. The minimum atomic E-state index is -0.297. The van der Waals surface area contributed by atoms with E-state index in [1.807, 2.05) is 12.1 Å². The van der Waals surface area contributed by atoms with E-state index in [0.717, 1.165) is 5.56 Å². The summed E-state index contributed by atoms with van der Waals surface area (Å²) in [6.45, 7) is 0.392. The normalized spacial score (nSPS) is 10.1. The Morgan fingerprint density at radius 2 is 1.94 bits per heavy atom. The summed E-state index contributed by atoms with van der Waals surface area (Å²) >= 11 is 5.76. The van der Waals surface area contributed by atoms with Crippen molar-refractivity contribution in [1.29, 1.82) is 0 Å². The lowest BCUT2D eigenvalue weighted by Gasteiger charge is -2.05. The van der Waals surface area contributed by atoms with Gasteiger partial charge in [-0.25, -0.2) is 0 Å². The van der Waals surface area contributed by atoms with Crippen LogP contribution in [0.1, 0.15) is 15.9 Å². The highest BCUT2D eigenvalue weighted by Crippen LogP contribution is 2.09. The van der Waals surface area contributed by atoms with Crippen LogP contribution < -0.4 is 10.9 Å². The van der Waals surface area contributed by atoms with Gasteiger partial charge in [-0.2, -0.15) is 0 Å². The Morgan fingerprint density at radius 3 is 2.61 bits per heavy atom. The largest absolute Gasteiger partial charge is 0.348 e. The van der Waals surface area contributed by atoms with Crippen molar-refractivity contribution in [3.63, 3.8) is 0 Å². The zero-order valence-corrected chi connectivity index (χ0v) is 10.2. The van der Waals surface area contributed by atoms with Crippen LogP contribution in [0.3, 0.4) is 0 Å². The molecule has 1 aromatic heterocycles. The molecule has 4 nitrogen and oxygen atoms in total. The zero-order chi connectivity index (χ0) is 13.0. The van der Waals surface area contributed by atoms with Gasteiger partial charge in [0.1, 0.15) is 0 Å². The van der Waals surface area contributed by atoms with Crippen LogP contribution in [0.4, 0.5) is 0 Å². The average Bonchev–Trinajstić information content (AvgIpc) is 2.38. The molecule has 0 fully saturated rings. The monoisotopic (exact) mass is 262 g/mol. The van der Waals surface area contributed by atoms with Crippen molar-refractivity contribution in [2.75, 3.05) is 0 Å². The molecule has 1 amide bonds. The van der Waals surface area contributed by atoms with Gasteiger partial charge in [-0.1, -0.05) is 23.7 Å². The van der Waals surface area contributed by atoms with Gasteiger partial charge in [0.25, 0.3) is 5.91 Å². The molecule has 1 heterocycles. The molecule has 0 aliphatic carbocycles. The fraction of sp³-hybridized carbons (Fsp3) is 0.0769. The summed E-state index contributed by atoms with van der Waals surface area (Å²) in [5.74, 6) is -0.281. The molecule has 0 spiro atoms. The lowest BCUT2D eigenvalue weighted by atomic mass is 10.2. The number of benzene rings is 1. The third-order valence-corrected chi connectivity index (χ3v) is 2.66. The molecule has 1 aromatic carbocycles. The van der Waals surface area contributed by atoms with Crippen molar-refractivity contribution in [3.8, 4) is 0 Å². The molecule has 18 heavy (non-hydrogen) atoms. The highest BCUT2D eigenvalue weighted by molar-refractivity contribution is 6.30. The number of nitrogens with one attached hydrogen (secondary N) is 2. The van der Waals surface area contributed by atoms with E-state index in [4.69, 9.17) is 11.6 Å². The Morgan fingerprint density at radius 1 is 1.22 bits per heavy atom. The summed E-state index contributed by atoms with van der Waals surface area (Å²) in [4.78, 5) is 25.3. The highest BCUT2D eigenvalue weighted by Gasteiger charge is 2.05. The zero-order valence-electron chi connectivity index (χ0n) is 9.44. The van der Waals surface area contributed by atoms with E-state index in [9.17, 15) is 9.59 Å². The van der Waals surface area contributed by atoms with Crippen molar-refractivity contribution < 1.29 is 4.79 Å². The minimum absolute atomic E-state index is 0.281. The van der Waals surface area contributed by atoms with Crippen LogP contribution in [-0.4, -0.2) is 10.9 Å². The fourth-order valence-electron chi connectivity index (χ4n) is 1.47. The standard InChI is InChI=1S/C13H11ClN2O2/c14-11-3-1-9(2-4-11)8-16-13(18)10-5-6-15-12(17)7-10/h1-7H,8H2,(H,15,17)(H,16,18). The molecule has 0 aliphatic rings. The molecule has 0 bridgehead atoms. The maximum Gasteiger partial charge on any atom is 0.251 e. The number of hydrogen-bond acceptors (Lipinski definition) is 2. The van der Waals surface area contributed by atoms with E-state index >= 15 is 0 Å². The van der Waals surface area contributed by atoms with E-state index in [-0.39, 0.29) is 11.5 Å². The molecule has 0 unspecified atom stereocenters. The molecule has 2 N–H and O–H groups in total. The second-order valence-electron chi connectivity index (χ2n) is 3.75. The first-order chi connectivity index (χ1) is 8.65. The van der Waals surface area contributed by atoms with E-state index in [0.29, 0.717) is 17.1 Å². The molecule has 2 rings (SSSR count). The van der Waals surface area contributed by atoms with Crippen LogP contribution in [0.15, 0.2) is 47.4 Å². The third-order valence-electron chi connectivity index (χ3n) is 2.40. The topological polar surface area (TPSA) is 62.0 Å². The van der Waals surface area contributed by atoms with Gasteiger partial charge in [-0.15, -0.1) is 0 Å². The second kappa shape index (κ2) is 5.51. The summed E-state index contributed by atoms with van der Waals surface area (Å²) in [7, 11) is 0. The Bertz CT molecular complexity index is 605. The SMILES string of the molecule is O=C(NCc1ccc(Cl)cc1)c1cc[nH]c(=O)c1. The van der Waals surface area contributed by atoms with E-state index in [1.165, 1.54) is 12.3 Å². The first-order valence-electron chi connectivity index (χ1n) is 5.36. The molecule has 0 atom stereocenters. The average molecular weight is 263 g/mol. The minimum Gasteiger partial charge on any atom is -0.348 e. The number of amides is 1. The van der Waals surface area contributed by atoms with Crippen LogP contribution >= 0.6 is 11.6 Å². The number of carbonyl (C=O) groups excluding carboxylic acids is 1. The van der Waals surface area contributed by atoms with Gasteiger partial charge in [0, 0.05) is 29.4 Å². The number of carbonyl (C=O) groups is 1. The summed E-state index contributed by atoms with van der Waals surface area (Å²) < 4.78 is 0. The molecular formula is C13H11ClN2O2. The van der Waals surface area contributed by atoms with Gasteiger partial charge in [0.2, 0.25) is 5.56 Å². The summed E-state index contributed by atoms with van der Waals surface area (Å²) in [5, 5.41) is 3.38. The van der Waals surface area contributed by atoms with Crippen molar-refractivity contribution in [2.45, 2.75) is 6.54 Å². The number of hydrogen-bond donors (Lipinski definition) is 2. The van der Waals surface area contributed by atoms with Crippen LogP contribution in [0.2, 0.25) is 5.02 Å². The maximum absolute atomic E-state index is 11.7. The van der Waals surface area contributed by atoms with Crippen LogP contribution in [0.25, 0.3) is 0 Å². The van der Waals surface area contributed by atoms with Crippen molar-refractivity contribution in [3.05, 3.63) is 69.1 Å². The number of rotatable bonds is 3. The van der Waals surface area contributed by atoms with Crippen LogP contribution in [0, 0.1) is 0 Å². The quantitative estimate of drug-likeness (QED) is 0.888. The van der Waals surface area contributed by atoms with Crippen molar-refractivity contribution >= 4 is 17.5 Å². The Balaban J connectivity index is 2.00. The number of aromatic nitrogens is 1. The summed E-state index contributed by atoms with van der Waals surface area (Å²) in [6.07, 6.45) is 1.44. The van der Waals surface area contributed by atoms with Gasteiger partial charge >= 0.3 is 0 Å². The third kappa shape index (κ3) is 3.21. The molecule has 92 valence electrons. The predicted octanol–water partition coefficient (Wildman–Crippen LogP) is 1.96. The molecular weight excluding hydrogens is 252 g/mol. The maximum atomic E-state index is 11.7. The second-order valence-corrected chi connectivity index (χ2v) is 4.19. The Labute approximate surface area is 109 Å². The van der Waals surface area contributed by atoms with Crippen LogP contribution in [-0.2, 0) is 6.54 Å².